The number of carbonyl (C=O) groups is 2. The van der Waals surface area contributed by atoms with E-state index in [0.29, 0.717) is 10.7 Å². The Balaban J connectivity index is 2.47. The molecule has 1 aromatic carbocycles. The summed E-state index contributed by atoms with van der Waals surface area (Å²) in [6.45, 7) is 1.66. The van der Waals surface area contributed by atoms with E-state index in [9.17, 15) is 9.59 Å². The van der Waals surface area contributed by atoms with Gasteiger partial charge in [0.2, 0.25) is 0 Å². The lowest BCUT2D eigenvalue weighted by atomic mass is 10.0. The van der Waals surface area contributed by atoms with Gasteiger partial charge >= 0.3 is 5.97 Å². The van der Waals surface area contributed by atoms with Gasteiger partial charge in [-0.25, -0.2) is 4.79 Å². The first-order valence-electron chi connectivity index (χ1n) is 5.61. The van der Waals surface area contributed by atoms with Gasteiger partial charge in [-0.05, 0) is 30.7 Å². The van der Waals surface area contributed by atoms with Crippen molar-refractivity contribution in [3.05, 3.63) is 51.7 Å². The van der Waals surface area contributed by atoms with Gasteiger partial charge < -0.3 is 10.1 Å². The Kier molecular flexibility index (Phi) is 3.71. The first kappa shape index (κ1) is 13.4. The number of halogens is 1. The van der Waals surface area contributed by atoms with Gasteiger partial charge in [-0.1, -0.05) is 23.7 Å². The molecule has 0 fully saturated rings. The number of nitrogens with one attached hydrogen (secondary N) is 1. The van der Waals surface area contributed by atoms with Crippen molar-refractivity contribution in [1.82, 2.24) is 5.32 Å². The third-order valence-corrected chi connectivity index (χ3v) is 2.97. The highest BCUT2D eigenvalue weighted by Gasteiger charge is 2.30. The van der Waals surface area contributed by atoms with Crippen LogP contribution in [0.1, 0.15) is 12.5 Å². The summed E-state index contributed by atoms with van der Waals surface area (Å²) in [5.41, 5.74) is 1.78. The van der Waals surface area contributed by atoms with Crippen molar-refractivity contribution in [1.29, 1.82) is 0 Å². The molecule has 0 unspecified atom stereocenters. The summed E-state index contributed by atoms with van der Waals surface area (Å²) < 4.78 is 4.69. The highest BCUT2D eigenvalue weighted by Crippen LogP contribution is 2.25. The molecule has 1 aliphatic heterocycles. The number of hydrogen-bond donors (Lipinski definition) is 1. The molecule has 1 aromatic rings. The Hall–Kier alpha value is -2.07. The molecular formula is C14H12ClNO3. The van der Waals surface area contributed by atoms with Crippen LogP contribution in [-0.4, -0.2) is 19.0 Å². The fourth-order valence-corrected chi connectivity index (χ4v) is 2.08. The predicted octanol–water partition coefficient (Wildman–Crippen LogP) is 2.30. The summed E-state index contributed by atoms with van der Waals surface area (Å²) >= 11 is 5.89. The second kappa shape index (κ2) is 5.28. The van der Waals surface area contributed by atoms with Crippen molar-refractivity contribution in [2.24, 2.45) is 0 Å². The molecule has 98 valence electrons. The van der Waals surface area contributed by atoms with Gasteiger partial charge in [-0.3, -0.25) is 4.79 Å². The summed E-state index contributed by atoms with van der Waals surface area (Å²) in [4.78, 5) is 23.5. The lowest BCUT2D eigenvalue weighted by Crippen LogP contribution is -2.15. The van der Waals surface area contributed by atoms with Crippen LogP contribution in [0.25, 0.3) is 6.08 Å². The van der Waals surface area contributed by atoms with Gasteiger partial charge in [0.1, 0.15) is 0 Å². The van der Waals surface area contributed by atoms with Crippen LogP contribution in [0, 0.1) is 0 Å². The first-order valence-corrected chi connectivity index (χ1v) is 5.99. The third-order valence-electron chi connectivity index (χ3n) is 2.74. The summed E-state index contributed by atoms with van der Waals surface area (Å²) in [6.07, 6.45) is 1.62. The number of esters is 1. The highest BCUT2D eigenvalue weighted by molar-refractivity contribution is 6.30. The Morgan fingerprint density at radius 1 is 1.42 bits per heavy atom. The summed E-state index contributed by atoms with van der Waals surface area (Å²) in [5.74, 6) is -0.859. The molecule has 2 rings (SSSR count). The van der Waals surface area contributed by atoms with E-state index in [-0.39, 0.29) is 17.1 Å². The zero-order chi connectivity index (χ0) is 14.0. The van der Waals surface area contributed by atoms with Gasteiger partial charge in [-0.15, -0.1) is 0 Å². The first-order chi connectivity index (χ1) is 9.02. The summed E-state index contributed by atoms with van der Waals surface area (Å²) in [5, 5.41) is 3.17. The number of ether oxygens (including phenoxy) is 1. The van der Waals surface area contributed by atoms with Crippen LogP contribution < -0.4 is 5.32 Å². The van der Waals surface area contributed by atoms with Crippen LogP contribution in [-0.2, 0) is 14.3 Å². The van der Waals surface area contributed by atoms with Crippen molar-refractivity contribution in [2.75, 3.05) is 7.11 Å². The number of amides is 1. The molecule has 0 aromatic heterocycles. The van der Waals surface area contributed by atoms with E-state index in [4.69, 9.17) is 11.6 Å². The van der Waals surface area contributed by atoms with Gasteiger partial charge in [0, 0.05) is 10.7 Å². The minimum atomic E-state index is -0.538. The van der Waals surface area contributed by atoms with Gasteiger partial charge in [0.05, 0.1) is 18.3 Å². The topological polar surface area (TPSA) is 55.4 Å². The monoisotopic (exact) mass is 277 g/mol. The largest absolute Gasteiger partial charge is 0.465 e. The second-order valence-corrected chi connectivity index (χ2v) is 4.50. The Morgan fingerprint density at radius 3 is 2.79 bits per heavy atom. The standard InChI is InChI=1S/C14H12ClNO3/c1-8-12(14(18)19-2)11(13(17)16-8)7-9-4-3-5-10(15)6-9/h3-7H,1-2H3,(H,16,17). The van der Waals surface area contributed by atoms with Crippen LogP contribution in [0.5, 0.6) is 0 Å². The van der Waals surface area contributed by atoms with Crippen molar-refractivity contribution in [2.45, 2.75) is 6.92 Å². The Morgan fingerprint density at radius 2 is 2.16 bits per heavy atom. The van der Waals surface area contributed by atoms with E-state index in [0.717, 1.165) is 5.56 Å². The Bertz CT molecular complexity index is 617. The van der Waals surface area contributed by atoms with Gasteiger partial charge in [0.15, 0.2) is 0 Å². The highest BCUT2D eigenvalue weighted by atomic mass is 35.5. The molecule has 0 saturated carbocycles. The fourth-order valence-electron chi connectivity index (χ4n) is 1.88. The second-order valence-electron chi connectivity index (χ2n) is 4.06. The molecule has 4 nitrogen and oxygen atoms in total. The van der Waals surface area contributed by atoms with Crippen molar-refractivity contribution in [3.8, 4) is 0 Å². The number of allylic oxidation sites excluding steroid dienone is 1. The van der Waals surface area contributed by atoms with Gasteiger partial charge in [0.25, 0.3) is 5.91 Å². The molecule has 1 aliphatic rings. The molecule has 0 spiro atoms. The maximum absolute atomic E-state index is 11.8. The van der Waals surface area contributed by atoms with E-state index in [1.807, 2.05) is 0 Å². The molecular weight excluding hydrogens is 266 g/mol. The van der Waals surface area contributed by atoms with Crippen LogP contribution in [0.4, 0.5) is 0 Å². The molecule has 1 heterocycles. The number of methoxy groups -OCH3 is 1. The van der Waals surface area contributed by atoms with Crippen molar-refractivity contribution in [3.63, 3.8) is 0 Å². The summed E-state index contributed by atoms with van der Waals surface area (Å²) in [6, 6.07) is 7.02. The molecule has 1 N–H and O–H groups in total. The number of carbonyl (C=O) groups excluding carboxylic acids is 2. The minimum absolute atomic E-state index is 0.257. The zero-order valence-corrected chi connectivity index (χ0v) is 11.2. The van der Waals surface area contributed by atoms with Crippen molar-refractivity contribution >= 4 is 29.6 Å². The minimum Gasteiger partial charge on any atom is -0.465 e. The van der Waals surface area contributed by atoms with E-state index in [1.165, 1.54) is 7.11 Å². The third kappa shape index (κ3) is 2.69. The average molecular weight is 278 g/mol. The molecule has 19 heavy (non-hydrogen) atoms. The number of rotatable bonds is 2. The molecule has 1 amide bonds. The molecule has 0 saturated heterocycles. The smallest absolute Gasteiger partial charge is 0.340 e. The summed E-state index contributed by atoms with van der Waals surface area (Å²) in [7, 11) is 1.28. The van der Waals surface area contributed by atoms with E-state index in [2.05, 4.69) is 10.1 Å². The predicted molar refractivity (Wildman–Crippen MR) is 72.3 cm³/mol. The van der Waals surface area contributed by atoms with E-state index in [1.54, 1.807) is 37.3 Å². The average Bonchev–Trinajstić information content (AvgIpc) is 2.63. The van der Waals surface area contributed by atoms with Crippen LogP contribution in [0.2, 0.25) is 5.02 Å². The van der Waals surface area contributed by atoms with Crippen LogP contribution in [0.15, 0.2) is 41.1 Å². The SMILES string of the molecule is COC(=O)C1=C(C)NC(=O)C1=Cc1cccc(Cl)c1. The van der Waals surface area contributed by atoms with Crippen LogP contribution in [0.3, 0.4) is 0 Å². The maximum atomic E-state index is 11.8. The van der Waals surface area contributed by atoms with E-state index < -0.39 is 5.97 Å². The molecule has 0 atom stereocenters. The molecule has 0 aliphatic carbocycles. The number of hydrogen-bond acceptors (Lipinski definition) is 3. The number of benzene rings is 1. The lowest BCUT2D eigenvalue weighted by Gasteiger charge is -2.02. The van der Waals surface area contributed by atoms with Gasteiger partial charge in [-0.2, -0.15) is 0 Å². The van der Waals surface area contributed by atoms with Crippen LogP contribution >= 0.6 is 11.6 Å². The molecule has 0 radical (unpaired) electrons. The zero-order valence-electron chi connectivity index (χ0n) is 10.5. The Labute approximate surface area is 115 Å². The maximum Gasteiger partial charge on any atom is 0.340 e. The van der Waals surface area contributed by atoms with Crippen molar-refractivity contribution < 1.29 is 14.3 Å². The normalized spacial score (nSPS) is 16.8. The fraction of sp³-hybridized carbons (Fsp3) is 0.143. The molecule has 5 heteroatoms. The van der Waals surface area contributed by atoms with E-state index >= 15 is 0 Å². The lowest BCUT2D eigenvalue weighted by molar-refractivity contribution is -0.136. The molecule has 0 bridgehead atoms. The quantitative estimate of drug-likeness (QED) is 0.667.